The number of allylic oxidation sites excluding steroid dienone is 1. The van der Waals surface area contributed by atoms with Gasteiger partial charge in [0.15, 0.2) is 17.3 Å². The fourth-order valence-electron chi connectivity index (χ4n) is 4.68. The molecule has 1 aliphatic rings. The van der Waals surface area contributed by atoms with Crippen LogP contribution in [0.5, 0.6) is 0 Å². The first-order valence-corrected chi connectivity index (χ1v) is 12.0. The summed E-state index contributed by atoms with van der Waals surface area (Å²) in [6, 6.07) is 11.5. The molecule has 1 fully saturated rings. The first-order valence-electron chi connectivity index (χ1n) is 12.0. The van der Waals surface area contributed by atoms with Crippen molar-refractivity contribution in [1.29, 1.82) is 5.26 Å². The molecule has 0 amide bonds. The lowest BCUT2D eigenvalue weighted by Gasteiger charge is -2.32. The molecule has 1 atom stereocenters. The fraction of sp³-hybridized carbons (Fsp3) is 0.286. The average Bonchev–Trinajstić information content (AvgIpc) is 3.13. The van der Waals surface area contributed by atoms with Gasteiger partial charge in [0.2, 0.25) is 0 Å². The van der Waals surface area contributed by atoms with Crippen LogP contribution in [0.3, 0.4) is 0 Å². The summed E-state index contributed by atoms with van der Waals surface area (Å²) >= 11 is 0. The van der Waals surface area contributed by atoms with Gasteiger partial charge in [0.25, 0.3) is 0 Å². The van der Waals surface area contributed by atoms with E-state index < -0.39 is 0 Å². The number of piperidine rings is 1. The molecule has 9 nitrogen and oxygen atoms in total. The lowest BCUT2D eigenvalue weighted by molar-refractivity contribution is -0.121. The van der Waals surface area contributed by atoms with E-state index in [-0.39, 0.29) is 29.9 Å². The molecule has 1 unspecified atom stereocenters. The van der Waals surface area contributed by atoms with Crippen LogP contribution in [-0.4, -0.2) is 44.5 Å². The number of pyridine rings is 1. The van der Waals surface area contributed by atoms with Gasteiger partial charge in [0, 0.05) is 44.7 Å². The molecule has 190 valence electrons. The minimum atomic E-state index is -0.225. The second-order valence-electron chi connectivity index (χ2n) is 9.15. The molecule has 0 radical (unpaired) electrons. The summed E-state index contributed by atoms with van der Waals surface area (Å²) in [7, 11) is 1.68. The van der Waals surface area contributed by atoms with Crippen molar-refractivity contribution in [1.82, 2.24) is 19.0 Å². The Hall–Kier alpha value is -4.42. The van der Waals surface area contributed by atoms with Gasteiger partial charge in [-0.1, -0.05) is 31.7 Å². The fourth-order valence-corrected chi connectivity index (χ4v) is 4.68. The van der Waals surface area contributed by atoms with Gasteiger partial charge in [-0.25, -0.2) is 9.78 Å². The van der Waals surface area contributed by atoms with Crippen molar-refractivity contribution in [2.24, 2.45) is 18.7 Å². The molecule has 9 heteroatoms. The largest absolute Gasteiger partial charge is 0.475 e. The Bertz CT molecular complexity index is 1520. The van der Waals surface area contributed by atoms with E-state index in [1.807, 2.05) is 31.2 Å². The summed E-state index contributed by atoms with van der Waals surface area (Å²) in [6.45, 7) is 11.3. The van der Waals surface area contributed by atoms with Gasteiger partial charge in [-0.2, -0.15) is 5.26 Å². The molecule has 37 heavy (non-hydrogen) atoms. The zero-order valence-corrected chi connectivity index (χ0v) is 21.1. The zero-order valence-electron chi connectivity index (χ0n) is 21.1. The van der Waals surface area contributed by atoms with E-state index in [1.54, 1.807) is 29.8 Å². The molecule has 3 aromatic rings. The quantitative estimate of drug-likeness (QED) is 0.288. The molecule has 1 saturated heterocycles. The van der Waals surface area contributed by atoms with Gasteiger partial charge in [0.1, 0.15) is 6.61 Å². The van der Waals surface area contributed by atoms with Crippen molar-refractivity contribution in [2.75, 3.05) is 19.7 Å². The number of ether oxygens (including phenoxy) is 1. The number of hydrogen-bond donors (Lipinski definition) is 1. The number of rotatable bonds is 8. The molecule has 2 aromatic heterocycles. The first kappa shape index (κ1) is 25.7. The Labute approximate surface area is 215 Å². The third-order valence-corrected chi connectivity index (χ3v) is 6.49. The number of imidazole rings is 1. The minimum Gasteiger partial charge on any atom is -0.475 e. The van der Waals surface area contributed by atoms with Gasteiger partial charge in [-0.05, 0) is 29.8 Å². The Morgan fingerprint density at radius 2 is 2.05 bits per heavy atom. The van der Waals surface area contributed by atoms with Gasteiger partial charge in [-0.3, -0.25) is 18.8 Å². The van der Waals surface area contributed by atoms with Crippen LogP contribution in [0.15, 0.2) is 71.9 Å². The zero-order chi connectivity index (χ0) is 26.7. The van der Waals surface area contributed by atoms with E-state index in [0.717, 1.165) is 5.56 Å². The topological polar surface area (TPSA) is 119 Å². The van der Waals surface area contributed by atoms with E-state index in [1.165, 1.54) is 4.57 Å². The van der Waals surface area contributed by atoms with Crippen LogP contribution < -0.4 is 11.4 Å². The summed E-state index contributed by atoms with van der Waals surface area (Å²) in [5.41, 5.74) is 10.3. The minimum absolute atomic E-state index is 0.00941. The molecule has 2 N–H and O–H groups in total. The van der Waals surface area contributed by atoms with Crippen LogP contribution >= 0.6 is 0 Å². The predicted octanol–water partition coefficient (Wildman–Crippen LogP) is 2.85. The molecule has 0 saturated carbocycles. The lowest BCUT2D eigenvalue weighted by atomic mass is 9.93. The van der Waals surface area contributed by atoms with Crippen molar-refractivity contribution < 1.29 is 9.53 Å². The molecular weight excluding hydrogens is 468 g/mol. The molecule has 3 heterocycles. The maximum atomic E-state index is 12.7. The summed E-state index contributed by atoms with van der Waals surface area (Å²) in [5, 5.41) is 9.77. The van der Waals surface area contributed by atoms with Crippen LogP contribution in [-0.2, 0) is 29.7 Å². The number of fused-ring (bicyclic) bond motifs is 1. The number of nitrogens with zero attached hydrogens (tertiary/aromatic N) is 5. The highest BCUT2D eigenvalue weighted by atomic mass is 16.5. The molecule has 0 aliphatic carbocycles. The molecule has 1 aromatic carbocycles. The van der Waals surface area contributed by atoms with Crippen LogP contribution in [0.25, 0.3) is 22.4 Å². The molecule has 1 aliphatic heterocycles. The number of carbonyl (C=O) groups excluding carboxylic acids is 1. The second kappa shape index (κ2) is 10.7. The predicted molar refractivity (Wildman–Crippen MR) is 142 cm³/mol. The number of aryl methyl sites for hydroxylation is 1. The SMILES string of the molecule is C=CCOC(N)=C1CN(Cc2ccc(C#N)c(-c3ccc4c(n3)n(C)c(=O)n4CC=C)c2)CC(C)C1=O. The number of likely N-dealkylation sites (tertiary alicyclic amines) is 1. The number of aromatic nitrogens is 3. The summed E-state index contributed by atoms with van der Waals surface area (Å²) in [6.07, 6.45) is 3.25. The molecule has 4 rings (SSSR count). The van der Waals surface area contributed by atoms with Gasteiger partial charge in [0.05, 0.1) is 28.4 Å². The number of nitriles is 1. The number of Topliss-reactive ketones (excluding diaryl/α,β-unsaturated/α-hetero) is 1. The Morgan fingerprint density at radius 3 is 2.76 bits per heavy atom. The van der Waals surface area contributed by atoms with Gasteiger partial charge >= 0.3 is 5.69 Å². The summed E-state index contributed by atoms with van der Waals surface area (Å²) in [4.78, 5) is 32.2. The third kappa shape index (κ3) is 4.97. The smallest absolute Gasteiger partial charge is 0.330 e. The number of nitrogens with two attached hydrogens (primary N) is 1. The highest BCUT2D eigenvalue weighted by Gasteiger charge is 2.30. The summed E-state index contributed by atoms with van der Waals surface area (Å²) in [5.74, 6) is -0.101. The number of hydrogen-bond acceptors (Lipinski definition) is 7. The van der Waals surface area contributed by atoms with Gasteiger partial charge in [-0.15, -0.1) is 6.58 Å². The van der Waals surface area contributed by atoms with Crippen LogP contribution in [0.4, 0.5) is 0 Å². The Kier molecular flexibility index (Phi) is 7.41. The monoisotopic (exact) mass is 498 g/mol. The van der Waals surface area contributed by atoms with Crippen LogP contribution in [0.1, 0.15) is 18.1 Å². The van der Waals surface area contributed by atoms with E-state index >= 15 is 0 Å². The Balaban J connectivity index is 1.68. The van der Waals surface area contributed by atoms with E-state index in [2.05, 4.69) is 24.1 Å². The Morgan fingerprint density at radius 1 is 1.27 bits per heavy atom. The number of benzene rings is 1. The van der Waals surface area contributed by atoms with Crippen LogP contribution in [0, 0.1) is 17.2 Å². The normalized spacial score (nSPS) is 17.4. The standard InChI is InChI=1S/C28H30N6O3/c1-5-11-34-24-10-9-23(31-27(24)32(4)28(34)36)21-13-19(7-8-20(21)14-29)16-33-15-18(3)25(35)22(17-33)26(30)37-12-6-2/h5-10,13,18H,1-2,11-12,15-17,30H2,3-4H3. The van der Waals surface area contributed by atoms with E-state index in [9.17, 15) is 14.9 Å². The van der Waals surface area contributed by atoms with Gasteiger partial charge < -0.3 is 10.5 Å². The second-order valence-corrected chi connectivity index (χ2v) is 9.15. The molecule has 0 spiro atoms. The van der Waals surface area contributed by atoms with Crippen molar-refractivity contribution in [3.05, 3.63) is 88.7 Å². The number of carbonyl (C=O) groups is 1. The van der Waals surface area contributed by atoms with Crippen molar-refractivity contribution in [3.63, 3.8) is 0 Å². The highest BCUT2D eigenvalue weighted by molar-refractivity contribution is 5.98. The first-order chi connectivity index (χ1) is 17.8. The van der Waals surface area contributed by atoms with Crippen molar-refractivity contribution >= 4 is 16.9 Å². The van der Waals surface area contributed by atoms with Crippen molar-refractivity contribution in [3.8, 4) is 17.3 Å². The average molecular weight is 499 g/mol. The lowest BCUT2D eigenvalue weighted by Crippen LogP contribution is -2.42. The third-order valence-electron chi connectivity index (χ3n) is 6.49. The van der Waals surface area contributed by atoms with E-state index in [4.69, 9.17) is 15.5 Å². The maximum absolute atomic E-state index is 12.7. The van der Waals surface area contributed by atoms with Crippen molar-refractivity contribution in [2.45, 2.75) is 20.0 Å². The number of ketones is 1. The van der Waals surface area contributed by atoms with E-state index in [0.29, 0.717) is 59.7 Å². The maximum Gasteiger partial charge on any atom is 0.330 e. The summed E-state index contributed by atoms with van der Waals surface area (Å²) < 4.78 is 8.54. The van der Waals surface area contributed by atoms with Crippen LogP contribution in [0.2, 0.25) is 0 Å². The molecular formula is C28H30N6O3. The molecule has 0 bridgehead atoms. The highest BCUT2D eigenvalue weighted by Crippen LogP contribution is 2.27.